The van der Waals surface area contributed by atoms with Gasteiger partial charge in [-0.05, 0) is 42.3 Å². The maximum atomic E-state index is 12.8. The first-order valence-electron chi connectivity index (χ1n) is 6.36. The normalized spacial score (nSPS) is 13.1. The van der Waals surface area contributed by atoms with Crippen LogP contribution in [0.3, 0.4) is 0 Å². The van der Waals surface area contributed by atoms with E-state index in [4.69, 9.17) is 5.11 Å². The zero-order valence-corrected chi connectivity index (χ0v) is 10.9. The van der Waals surface area contributed by atoms with Crippen LogP contribution < -0.4 is 4.90 Å². The highest BCUT2D eigenvalue weighted by atomic mass is 19.1. The van der Waals surface area contributed by atoms with Gasteiger partial charge in [0, 0.05) is 12.2 Å². The number of benzene rings is 1. The van der Waals surface area contributed by atoms with Crippen molar-refractivity contribution >= 4 is 17.6 Å². The Morgan fingerprint density at radius 3 is 2.71 bits per heavy atom. The van der Waals surface area contributed by atoms with Crippen molar-refractivity contribution in [2.75, 3.05) is 11.4 Å². The summed E-state index contributed by atoms with van der Waals surface area (Å²) in [5.41, 5.74) is 1.84. The van der Waals surface area contributed by atoms with Crippen molar-refractivity contribution in [1.82, 2.24) is 4.98 Å². The maximum absolute atomic E-state index is 12.8. The number of aromatic carboxylic acids is 1. The summed E-state index contributed by atoms with van der Waals surface area (Å²) >= 11 is 0. The molecule has 0 unspecified atom stereocenters. The fourth-order valence-corrected chi connectivity index (χ4v) is 2.39. The summed E-state index contributed by atoms with van der Waals surface area (Å²) in [7, 11) is 0. The fourth-order valence-electron chi connectivity index (χ4n) is 2.39. The second kappa shape index (κ2) is 4.97. The number of amides is 1. The number of carboxylic acid groups (broad SMARTS) is 1. The Kier molecular flexibility index (Phi) is 3.13. The van der Waals surface area contributed by atoms with Crippen molar-refractivity contribution in [2.45, 2.75) is 6.42 Å². The lowest BCUT2D eigenvalue weighted by Crippen LogP contribution is -2.29. The Hall–Kier alpha value is -2.76. The Morgan fingerprint density at radius 1 is 1.24 bits per heavy atom. The number of carboxylic acids is 1. The zero-order valence-electron chi connectivity index (χ0n) is 10.9. The number of carbonyl (C=O) groups is 2. The summed E-state index contributed by atoms with van der Waals surface area (Å²) in [6.07, 6.45) is 1.58. The largest absolute Gasteiger partial charge is 0.478 e. The van der Waals surface area contributed by atoms with Crippen molar-refractivity contribution in [3.8, 4) is 0 Å². The van der Waals surface area contributed by atoms with Crippen molar-refractivity contribution in [3.05, 3.63) is 59.2 Å². The van der Waals surface area contributed by atoms with E-state index in [1.165, 1.54) is 23.1 Å². The molecule has 21 heavy (non-hydrogen) atoms. The van der Waals surface area contributed by atoms with Crippen LogP contribution in [0.2, 0.25) is 0 Å². The highest BCUT2D eigenvalue weighted by Crippen LogP contribution is 2.30. The topological polar surface area (TPSA) is 70.5 Å². The van der Waals surface area contributed by atoms with Gasteiger partial charge >= 0.3 is 5.97 Å². The summed E-state index contributed by atoms with van der Waals surface area (Å²) in [4.78, 5) is 28.6. The van der Waals surface area contributed by atoms with Gasteiger partial charge < -0.3 is 10.0 Å². The number of halogens is 1. The highest BCUT2D eigenvalue weighted by molar-refractivity contribution is 6.06. The van der Waals surface area contributed by atoms with Crippen LogP contribution in [0.4, 0.5) is 10.1 Å². The minimum Gasteiger partial charge on any atom is -0.478 e. The Balaban J connectivity index is 1.92. The first-order chi connectivity index (χ1) is 10.1. The lowest BCUT2D eigenvalue weighted by Gasteiger charge is -2.16. The molecule has 0 atom stereocenters. The van der Waals surface area contributed by atoms with Gasteiger partial charge in [0.1, 0.15) is 11.5 Å². The van der Waals surface area contributed by atoms with Gasteiger partial charge in [-0.15, -0.1) is 0 Å². The Labute approximate surface area is 119 Å². The zero-order chi connectivity index (χ0) is 15.0. The SMILES string of the molecule is O=C(O)c1ccc2c(c1)CCN2C(=O)c1ccc(F)cn1. The molecule has 1 aromatic heterocycles. The molecular formula is C15H11FN2O3. The molecule has 0 spiro atoms. The minimum atomic E-state index is -0.997. The average molecular weight is 286 g/mol. The first kappa shape index (κ1) is 13.2. The van der Waals surface area contributed by atoms with Crippen LogP contribution in [0.1, 0.15) is 26.4 Å². The molecule has 0 fully saturated rings. The second-order valence-corrected chi connectivity index (χ2v) is 4.72. The van der Waals surface area contributed by atoms with Crippen molar-refractivity contribution in [2.24, 2.45) is 0 Å². The third kappa shape index (κ3) is 2.35. The molecule has 2 aromatic rings. The maximum Gasteiger partial charge on any atom is 0.335 e. The summed E-state index contributed by atoms with van der Waals surface area (Å²) in [6.45, 7) is 0.455. The van der Waals surface area contributed by atoms with E-state index in [1.54, 1.807) is 12.1 Å². The van der Waals surface area contributed by atoms with E-state index in [-0.39, 0.29) is 17.2 Å². The van der Waals surface area contributed by atoms with Crippen molar-refractivity contribution < 1.29 is 19.1 Å². The Bertz CT molecular complexity index is 728. The van der Waals surface area contributed by atoms with Crippen LogP contribution in [0.15, 0.2) is 36.5 Å². The van der Waals surface area contributed by atoms with Gasteiger partial charge in [-0.1, -0.05) is 0 Å². The Morgan fingerprint density at radius 2 is 2.05 bits per heavy atom. The van der Waals surface area contributed by atoms with E-state index >= 15 is 0 Å². The molecule has 6 heteroatoms. The number of fused-ring (bicyclic) bond motifs is 1. The second-order valence-electron chi connectivity index (χ2n) is 4.72. The van der Waals surface area contributed by atoms with E-state index in [2.05, 4.69) is 4.98 Å². The molecule has 1 amide bonds. The molecule has 1 N–H and O–H groups in total. The fraction of sp³-hybridized carbons (Fsp3) is 0.133. The lowest BCUT2D eigenvalue weighted by atomic mass is 10.1. The van der Waals surface area contributed by atoms with E-state index in [0.717, 1.165) is 11.8 Å². The number of hydrogen-bond donors (Lipinski definition) is 1. The van der Waals surface area contributed by atoms with E-state index in [9.17, 15) is 14.0 Å². The number of rotatable bonds is 2. The van der Waals surface area contributed by atoms with E-state index in [1.807, 2.05) is 0 Å². The molecule has 3 rings (SSSR count). The van der Waals surface area contributed by atoms with Crippen molar-refractivity contribution in [1.29, 1.82) is 0 Å². The highest BCUT2D eigenvalue weighted by Gasteiger charge is 2.27. The molecule has 0 saturated carbocycles. The minimum absolute atomic E-state index is 0.159. The average Bonchev–Trinajstić information content (AvgIpc) is 2.90. The molecule has 106 valence electrons. The molecule has 1 aliphatic rings. The molecule has 2 heterocycles. The number of pyridine rings is 1. The molecule has 1 aliphatic heterocycles. The summed E-state index contributed by atoms with van der Waals surface area (Å²) in [6, 6.07) is 7.17. The molecule has 0 bridgehead atoms. The molecule has 5 nitrogen and oxygen atoms in total. The number of carbonyl (C=O) groups excluding carboxylic acids is 1. The number of anilines is 1. The van der Waals surface area contributed by atoms with Crippen LogP contribution in [0, 0.1) is 5.82 Å². The van der Waals surface area contributed by atoms with Crippen molar-refractivity contribution in [3.63, 3.8) is 0 Å². The summed E-state index contributed by atoms with van der Waals surface area (Å²) < 4.78 is 12.8. The summed E-state index contributed by atoms with van der Waals surface area (Å²) in [5.74, 6) is -1.82. The van der Waals surface area contributed by atoms with Gasteiger partial charge in [0.25, 0.3) is 5.91 Å². The standard InChI is InChI=1S/C15H11FN2O3/c16-11-2-3-12(17-8-11)14(19)18-6-5-9-7-10(15(20)21)1-4-13(9)18/h1-4,7-8H,5-6H2,(H,20,21). The third-order valence-electron chi connectivity index (χ3n) is 3.41. The van der Waals surface area contributed by atoms with Gasteiger partial charge in [-0.2, -0.15) is 0 Å². The van der Waals surface area contributed by atoms with Gasteiger partial charge in [0.2, 0.25) is 0 Å². The molecule has 0 saturated heterocycles. The predicted molar refractivity (Wildman–Crippen MR) is 73.0 cm³/mol. The van der Waals surface area contributed by atoms with E-state index < -0.39 is 11.8 Å². The number of nitrogens with zero attached hydrogens (tertiary/aromatic N) is 2. The monoisotopic (exact) mass is 286 g/mol. The third-order valence-corrected chi connectivity index (χ3v) is 3.41. The van der Waals surface area contributed by atoms with E-state index in [0.29, 0.717) is 18.7 Å². The predicted octanol–water partition coefficient (Wildman–Crippen LogP) is 2.12. The first-order valence-corrected chi connectivity index (χ1v) is 6.36. The number of hydrogen-bond acceptors (Lipinski definition) is 3. The van der Waals surface area contributed by atoms with Crippen LogP contribution >= 0.6 is 0 Å². The van der Waals surface area contributed by atoms with Crippen LogP contribution in [0.25, 0.3) is 0 Å². The van der Waals surface area contributed by atoms with Gasteiger partial charge in [0.05, 0.1) is 11.8 Å². The molecular weight excluding hydrogens is 275 g/mol. The van der Waals surface area contributed by atoms with Crippen LogP contribution in [-0.4, -0.2) is 28.5 Å². The van der Waals surface area contributed by atoms with Gasteiger partial charge in [0.15, 0.2) is 0 Å². The smallest absolute Gasteiger partial charge is 0.335 e. The quantitative estimate of drug-likeness (QED) is 0.918. The molecule has 0 radical (unpaired) electrons. The number of aromatic nitrogens is 1. The molecule has 0 aliphatic carbocycles. The van der Waals surface area contributed by atoms with Gasteiger partial charge in [-0.3, -0.25) is 4.79 Å². The van der Waals surface area contributed by atoms with Gasteiger partial charge in [-0.25, -0.2) is 14.2 Å². The van der Waals surface area contributed by atoms with Crippen LogP contribution in [-0.2, 0) is 6.42 Å². The lowest BCUT2D eigenvalue weighted by molar-refractivity contribution is 0.0696. The summed E-state index contributed by atoms with van der Waals surface area (Å²) in [5, 5.41) is 8.97. The van der Waals surface area contributed by atoms with Crippen LogP contribution in [0.5, 0.6) is 0 Å². The molecule has 1 aromatic carbocycles.